The van der Waals surface area contributed by atoms with E-state index >= 15 is 4.39 Å². The minimum absolute atomic E-state index is 0.0627. The van der Waals surface area contributed by atoms with Gasteiger partial charge in [-0.15, -0.1) is 0 Å². The number of hydrogen-bond donors (Lipinski definition) is 2. The van der Waals surface area contributed by atoms with Gasteiger partial charge in [-0.05, 0) is 74.8 Å². The van der Waals surface area contributed by atoms with E-state index in [1.807, 2.05) is 0 Å². The number of aryl methyl sites for hydroxylation is 1. The summed E-state index contributed by atoms with van der Waals surface area (Å²) in [6.45, 7) is 2.72. The highest BCUT2D eigenvalue weighted by molar-refractivity contribution is 7.92. The number of halogens is 1. The van der Waals surface area contributed by atoms with Crippen LogP contribution >= 0.6 is 0 Å². The lowest BCUT2D eigenvalue weighted by Gasteiger charge is -2.33. The predicted molar refractivity (Wildman–Crippen MR) is 125 cm³/mol. The molecule has 0 amide bonds. The third kappa shape index (κ3) is 5.15. The topological polar surface area (TPSA) is 89.5 Å². The molecule has 0 radical (unpaired) electrons. The minimum atomic E-state index is -3.90. The standard InChI is InChI=1S/C24H32FN3O4S/c1-16-4-5-17-14-21(23(32-3)27-22(17)15-26-16)28-33(29,30)20-8-6-18(7-9-20)24(25)12-10-19(31-2)11-13-24/h6-9,14,16,19,26,28H,4-5,10-13,15H2,1-3H3/t16?,19-,24-. The highest BCUT2D eigenvalue weighted by atomic mass is 32.2. The van der Waals surface area contributed by atoms with Crippen LogP contribution in [0.25, 0.3) is 0 Å². The molecule has 1 aromatic carbocycles. The van der Waals surface area contributed by atoms with Crippen molar-refractivity contribution in [1.29, 1.82) is 0 Å². The van der Waals surface area contributed by atoms with E-state index in [4.69, 9.17) is 9.47 Å². The molecule has 4 rings (SSSR count). The van der Waals surface area contributed by atoms with E-state index < -0.39 is 15.7 Å². The van der Waals surface area contributed by atoms with E-state index in [0.717, 1.165) is 24.1 Å². The van der Waals surface area contributed by atoms with Crippen LogP contribution in [0.5, 0.6) is 5.88 Å². The number of nitrogens with one attached hydrogen (secondary N) is 2. The Morgan fingerprint density at radius 2 is 1.85 bits per heavy atom. The Morgan fingerprint density at radius 3 is 2.48 bits per heavy atom. The van der Waals surface area contributed by atoms with Crippen molar-refractivity contribution in [3.05, 3.63) is 47.2 Å². The fourth-order valence-electron chi connectivity index (χ4n) is 4.63. The van der Waals surface area contributed by atoms with Crippen molar-refractivity contribution in [2.75, 3.05) is 18.9 Å². The molecule has 1 unspecified atom stereocenters. The number of rotatable bonds is 6. The molecule has 1 atom stereocenters. The monoisotopic (exact) mass is 477 g/mol. The van der Waals surface area contributed by atoms with Crippen molar-refractivity contribution < 1.29 is 22.3 Å². The van der Waals surface area contributed by atoms with Crippen molar-refractivity contribution in [3.63, 3.8) is 0 Å². The Kier molecular flexibility index (Phi) is 6.93. The fraction of sp³-hybridized carbons (Fsp3) is 0.542. The van der Waals surface area contributed by atoms with Gasteiger partial charge in [-0.3, -0.25) is 4.72 Å². The van der Waals surface area contributed by atoms with Crippen LogP contribution in [0.3, 0.4) is 0 Å². The highest BCUT2D eigenvalue weighted by Gasteiger charge is 2.37. The van der Waals surface area contributed by atoms with E-state index in [0.29, 0.717) is 49.5 Å². The van der Waals surface area contributed by atoms with Crippen LogP contribution < -0.4 is 14.8 Å². The molecule has 7 nitrogen and oxygen atoms in total. The SMILES string of the molecule is COc1nc2c(cc1NS(=O)(=O)c1ccc([C@]3(F)CC[C@H](OC)CC3)cc1)CCC(C)NC2. The maximum Gasteiger partial charge on any atom is 0.262 e. The number of hydrogen-bond acceptors (Lipinski definition) is 6. The Labute approximate surface area is 195 Å². The second-order valence-corrected chi connectivity index (χ2v) is 10.7. The number of pyridine rings is 1. The minimum Gasteiger partial charge on any atom is -0.479 e. The van der Waals surface area contributed by atoms with Gasteiger partial charge in [0.2, 0.25) is 5.88 Å². The van der Waals surface area contributed by atoms with Crippen LogP contribution in [-0.2, 0) is 33.4 Å². The van der Waals surface area contributed by atoms with Gasteiger partial charge in [0.15, 0.2) is 0 Å². The van der Waals surface area contributed by atoms with E-state index in [9.17, 15) is 8.42 Å². The summed E-state index contributed by atoms with van der Waals surface area (Å²) < 4.78 is 54.9. The molecular formula is C24H32FN3O4S. The van der Waals surface area contributed by atoms with Gasteiger partial charge in [-0.25, -0.2) is 17.8 Å². The lowest BCUT2D eigenvalue weighted by atomic mass is 9.80. The molecule has 1 fully saturated rings. The lowest BCUT2D eigenvalue weighted by Crippen LogP contribution is -2.30. The molecule has 1 aliphatic carbocycles. The van der Waals surface area contributed by atoms with Crippen LogP contribution in [0.15, 0.2) is 35.2 Å². The van der Waals surface area contributed by atoms with Crippen molar-refractivity contribution in [1.82, 2.24) is 10.3 Å². The summed E-state index contributed by atoms with van der Waals surface area (Å²) in [5, 5.41) is 3.39. The molecule has 0 saturated heterocycles. The van der Waals surface area contributed by atoms with Crippen molar-refractivity contribution in [2.24, 2.45) is 0 Å². The average Bonchev–Trinajstić information content (AvgIpc) is 3.00. The van der Waals surface area contributed by atoms with Gasteiger partial charge in [-0.1, -0.05) is 12.1 Å². The number of aromatic nitrogens is 1. The fourth-order valence-corrected chi connectivity index (χ4v) is 5.67. The first-order chi connectivity index (χ1) is 15.7. The summed E-state index contributed by atoms with van der Waals surface area (Å²) in [7, 11) is -0.788. The molecule has 33 heavy (non-hydrogen) atoms. The van der Waals surface area contributed by atoms with Gasteiger partial charge >= 0.3 is 0 Å². The molecular weight excluding hydrogens is 445 g/mol. The van der Waals surface area contributed by atoms with Gasteiger partial charge in [0, 0.05) is 19.7 Å². The second kappa shape index (κ2) is 9.56. The van der Waals surface area contributed by atoms with Crippen molar-refractivity contribution >= 4 is 15.7 Å². The summed E-state index contributed by atoms with van der Waals surface area (Å²) in [6, 6.07) is 8.21. The molecule has 1 saturated carbocycles. The number of fused-ring (bicyclic) bond motifs is 1. The first kappa shape index (κ1) is 23.9. The lowest BCUT2D eigenvalue weighted by molar-refractivity contribution is 0.00579. The number of benzene rings is 1. The number of ether oxygens (including phenoxy) is 2. The van der Waals surface area contributed by atoms with E-state index in [2.05, 4.69) is 21.9 Å². The van der Waals surface area contributed by atoms with Gasteiger partial charge in [0.1, 0.15) is 11.4 Å². The molecule has 1 aliphatic heterocycles. The second-order valence-electron chi connectivity index (χ2n) is 9.00. The van der Waals surface area contributed by atoms with E-state index in [1.54, 1.807) is 25.3 Å². The molecule has 2 heterocycles. The summed E-state index contributed by atoms with van der Waals surface area (Å²) in [5.41, 5.74) is 1.20. The highest BCUT2D eigenvalue weighted by Crippen LogP contribution is 2.41. The van der Waals surface area contributed by atoms with E-state index in [-0.39, 0.29) is 16.9 Å². The van der Waals surface area contributed by atoms with Crippen LogP contribution in [0.4, 0.5) is 10.1 Å². The first-order valence-electron chi connectivity index (χ1n) is 11.4. The number of sulfonamides is 1. The molecule has 0 spiro atoms. The molecule has 1 aromatic heterocycles. The van der Waals surface area contributed by atoms with Gasteiger partial charge in [0.25, 0.3) is 10.0 Å². The van der Waals surface area contributed by atoms with Crippen LogP contribution in [-0.4, -0.2) is 39.8 Å². The van der Waals surface area contributed by atoms with Crippen molar-refractivity contribution in [2.45, 2.75) is 74.7 Å². The molecule has 2 N–H and O–H groups in total. The number of alkyl halides is 1. The molecule has 2 aliphatic rings. The maximum absolute atomic E-state index is 15.5. The largest absolute Gasteiger partial charge is 0.479 e. The van der Waals surface area contributed by atoms with Gasteiger partial charge in [0.05, 0.1) is 23.8 Å². The van der Waals surface area contributed by atoms with Crippen molar-refractivity contribution in [3.8, 4) is 5.88 Å². The first-order valence-corrected chi connectivity index (χ1v) is 12.9. The summed E-state index contributed by atoms with van der Waals surface area (Å²) in [5.74, 6) is 0.225. The smallest absolute Gasteiger partial charge is 0.262 e. The predicted octanol–water partition coefficient (Wildman–Crippen LogP) is 4.07. The van der Waals surface area contributed by atoms with Crippen LogP contribution in [0.2, 0.25) is 0 Å². The zero-order valence-corrected chi connectivity index (χ0v) is 20.2. The molecule has 180 valence electrons. The van der Waals surface area contributed by atoms with Gasteiger partial charge < -0.3 is 14.8 Å². The zero-order chi connectivity index (χ0) is 23.6. The van der Waals surface area contributed by atoms with Crippen LogP contribution in [0.1, 0.15) is 55.8 Å². The quantitative estimate of drug-likeness (QED) is 0.652. The third-order valence-electron chi connectivity index (χ3n) is 6.80. The maximum atomic E-state index is 15.5. The molecule has 2 aromatic rings. The normalized spacial score (nSPS) is 25.7. The summed E-state index contributed by atoms with van der Waals surface area (Å²) in [6.07, 6.45) is 3.84. The Morgan fingerprint density at radius 1 is 1.15 bits per heavy atom. The zero-order valence-electron chi connectivity index (χ0n) is 19.4. The van der Waals surface area contributed by atoms with Gasteiger partial charge in [-0.2, -0.15) is 0 Å². The Bertz CT molecular complexity index is 1080. The van der Waals surface area contributed by atoms with E-state index in [1.165, 1.54) is 19.2 Å². The molecule has 0 bridgehead atoms. The number of nitrogens with zero attached hydrogens (tertiary/aromatic N) is 1. The summed E-state index contributed by atoms with van der Waals surface area (Å²) >= 11 is 0. The average molecular weight is 478 g/mol. The third-order valence-corrected chi connectivity index (χ3v) is 8.18. The number of methoxy groups -OCH3 is 2. The number of anilines is 1. The summed E-state index contributed by atoms with van der Waals surface area (Å²) in [4.78, 5) is 4.59. The Hall–Kier alpha value is -2.23. The molecule has 9 heteroatoms. The Balaban J connectivity index is 1.55. The van der Waals surface area contributed by atoms with Crippen LogP contribution in [0, 0.1) is 0 Å².